The molecule has 1 aromatic rings. The van der Waals surface area contributed by atoms with Crippen LogP contribution >= 0.6 is 12.4 Å². The van der Waals surface area contributed by atoms with Crippen LogP contribution in [-0.2, 0) is 4.74 Å². The van der Waals surface area contributed by atoms with Gasteiger partial charge in [-0.2, -0.15) is 0 Å². The van der Waals surface area contributed by atoms with E-state index in [0.717, 1.165) is 32.1 Å². The van der Waals surface area contributed by atoms with Gasteiger partial charge in [0.15, 0.2) is 0 Å². The van der Waals surface area contributed by atoms with E-state index in [1.807, 2.05) is 18.2 Å². The monoisotopic (exact) mass is 303 g/mol. The van der Waals surface area contributed by atoms with Crippen molar-refractivity contribution >= 4 is 12.4 Å². The summed E-state index contributed by atoms with van der Waals surface area (Å²) >= 11 is 0. The van der Waals surface area contributed by atoms with Crippen molar-refractivity contribution in [1.29, 1.82) is 0 Å². The lowest BCUT2D eigenvalue weighted by Gasteiger charge is -2.28. The summed E-state index contributed by atoms with van der Waals surface area (Å²) in [6.45, 7) is 4.12. The number of ether oxygens (including phenoxy) is 3. The Kier molecular flexibility index (Phi) is 7.69. The molecule has 0 bridgehead atoms. The molecule has 1 aliphatic heterocycles. The highest BCUT2D eigenvalue weighted by atomic mass is 35.5. The highest BCUT2D eigenvalue weighted by molar-refractivity contribution is 5.85. The van der Waals surface area contributed by atoms with Gasteiger partial charge in [0, 0.05) is 25.7 Å². The van der Waals surface area contributed by atoms with Gasteiger partial charge in [-0.25, -0.2) is 0 Å². The first-order chi connectivity index (χ1) is 9.28. The summed E-state index contributed by atoms with van der Waals surface area (Å²) in [4.78, 5) is 2.18. The maximum atomic E-state index is 9.95. The summed E-state index contributed by atoms with van der Waals surface area (Å²) in [6.07, 6.45) is -0.496. The molecule has 6 heteroatoms. The van der Waals surface area contributed by atoms with Crippen LogP contribution in [0, 0.1) is 0 Å². The van der Waals surface area contributed by atoms with Gasteiger partial charge in [0.1, 0.15) is 24.2 Å². The van der Waals surface area contributed by atoms with Crippen molar-refractivity contribution < 1.29 is 19.3 Å². The summed E-state index contributed by atoms with van der Waals surface area (Å²) < 4.78 is 16.0. The third-order valence-electron chi connectivity index (χ3n) is 3.06. The zero-order chi connectivity index (χ0) is 13.5. The van der Waals surface area contributed by atoms with Gasteiger partial charge in [0.05, 0.1) is 20.3 Å². The van der Waals surface area contributed by atoms with E-state index in [9.17, 15) is 5.11 Å². The number of β-amino-alcohol motifs (C(OH)–C–C–N with tert-alkyl or cyclic N) is 1. The Hall–Kier alpha value is -1.01. The normalized spacial score (nSPS) is 17.1. The number of rotatable bonds is 6. The first-order valence-electron chi connectivity index (χ1n) is 6.53. The Balaban J connectivity index is 0.00000200. The van der Waals surface area contributed by atoms with Crippen LogP contribution in [0.5, 0.6) is 11.5 Å². The molecular formula is C14H22ClNO4. The van der Waals surface area contributed by atoms with Crippen molar-refractivity contribution in [3.05, 3.63) is 24.3 Å². The Morgan fingerprint density at radius 2 is 2.00 bits per heavy atom. The molecule has 5 nitrogen and oxygen atoms in total. The topological polar surface area (TPSA) is 51.2 Å². The number of aliphatic hydroxyl groups excluding tert-OH is 1. The summed E-state index contributed by atoms with van der Waals surface area (Å²) in [6, 6.07) is 7.38. The Morgan fingerprint density at radius 3 is 2.70 bits per heavy atom. The molecule has 1 heterocycles. The highest BCUT2D eigenvalue weighted by Gasteiger charge is 2.15. The molecule has 114 valence electrons. The number of morpholine rings is 1. The molecule has 0 amide bonds. The van der Waals surface area contributed by atoms with Crippen LogP contribution in [0.4, 0.5) is 0 Å². The van der Waals surface area contributed by atoms with E-state index in [4.69, 9.17) is 14.2 Å². The third-order valence-corrected chi connectivity index (χ3v) is 3.06. The maximum Gasteiger partial charge on any atom is 0.123 e. The third kappa shape index (κ3) is 5.54. The summed E-state index contributed by atoms with van der Waals surface area (Å²) in [5.41, 5.74) is 0. The van der Waals surface area contributed by atoms with Crippen LogP contribution < -0.4 is 9.47 Å². The zero-order valence-corrected chi connectivity index (χ0v) is 12.5. The van der Waals surface area contributed by atoms with Crippen molar-refractivity contribution in [3.8, 4) is 11.5 Å². The number of benzene rings is 1. The SMILES string of the molecule is COc1cccc(OCC(O)CN2CCOCC2)c1.Cl. The van der Waals surface area contributed by atoms with E-state index in [1.54, 1.807) is 13.2 Å². The maximum absolute atomic E-state index is 9.95. The fourth-order valence-corrected chi connectivity index (χ4v) is 2.02. The van der Waals surface area contributed by atoms with E-state index in [2.05, 4.69) is 4.90 Å². The number of hydrogen-bond donors (Lipinski definition) is 1. The summed E-state index contributed by atoms with van der Waals surface area (Å²) in [5.74, 6) is 1.46. The molecule has 2 rings (SSSR count). The van der Waals surface area contributed by atoms with E-state index in [-0.39, 0.29) is 19.0 Å². The molecule has 0 spiro atoms. The molecular weight excluding hydrogens is 282 g/mol. The van der Waals surface area contributed by atoms with E-state index >= 15 is 0 Å². The molecule has 0 radical (unpaired) electrons. The van der Waals surface area contributed by atoms with Gasteiger partial charge in [-0.15, -0.1) is 12.4 Å². The molecule has 1 unspecified atom stereocenters. The number of methoxy groups -OCH3 is 1. The van der Waals surface area contributed by atoms with Crippen LogP contribution in [0.25, 0.3) is 0 Å². The summed E-state index contributed by atoms with van der Waals surface area (Å²) in [5, 5.41) is 9.95. The fourth-order valence-electron chi connectivity index (χ4n) is 2.02. The van der Waals surface area contributed by atoms with Crippen molar-refractivity contribution in [2.45, 2.75) is 6.10 Å². The van der Waals surface area contributed by atoms with Crippen LogP contribution in [0.3, 0.4) is 0 Å². The number of halogens is 1. The molecule has 1 atom stereocenters. The van der Waals surface area contributed by atoms with E-state index in [0.29, 0.717) is 12.3 Å². The Morgan fingerprint density at radius 1 is 1.30 bits per heavy atom. The lowest BCUT2D eigenvalue weighted by Crippen LogP contribution is -2.42. The Labute approximate surface area is 125 Å². The Bertz CT molecular complexity index is 385. The van der Waals surface area contributed by atoms with Crippen LogP contribution in [0.2, 0.25) is 0 Å². The minimum absolute atomic E-state index is 0. The average molecular weight is 304 g/mol. The van der Waals surface area contributed by atoms with Crippen LogP contribution in [-0.4, -0.2) is 62.7 Å². The molecule has 0 saturated carbocycles. The number of hydrogen-bond acceptors (Lipinski definition) is 5. The lowest BCUT2D eigenvalue weighted by molar-refractivity contribution is 0.00464. The molecule has 1 fully saturated rings. The highest BCUT2D eigenvalue weighted by Crippen LogP contribution is 2.18. The molecule has 1 aliphatic rings. The second-order valence-electron chi connectivity index (χ2n) is 4.56. The van der Waals surface area contributed by atoms with Gasteiger partial charge in [-0.05, 0) is 12.1 Å². The van der Waals surface area contributed by atoms with Crippen molar-refractivity contribution in [1.82, 2.24) is 4.90 Å². The van der Waals surface area contributed by atoms with Crippen molar-refractivity contribution in [2.75, 3.05) is 46.6 Å². The summed E-state index contributed by atoms with van der Waals surface area (Å²) in [7, 11) is 1.62. The second-order valence-corrected chi connectivity index (χ2v) is 4.56. The fraction of sp³-hybridized carbons (Fsp3) is 0.571. The molecule has 0 aromatic heterocycles. The zero-order valence-electron chi connectivity index (χ0n) is 11.7. The lowest BCUT2D eigenvalue weighted by atomic mass is 10.3. The predicted molar refractivity (Wildman–Crippen MR) is 79.0 cm³/mol. The standard InChI is InChI=1S/C14H21NO4.ClH/c1-17-13-3-2-4-14(9-13)19-11-12(16)10-15-5-7-18-8-6-15;/h2-4,9,12,16H,5-8,10-11H2,1H3;1H. The van der Waals surface area contributed by atoms with Gasteiger partial charge in [0.2, 0.25) is 0 Å². The number of aliphatic hydroxyl groups is 1. The van der Waals surface area contributed by atoms with Gasteiger partial charge in [-0.1, -0.05) is 6.07 Å². The van der Waals surface area contributed by atoms with E-state index < -0.39 is 6.10 Å². The first-order valence-corrected chi connectivity index (χ1v) is 6.53. The molecule has 0 aliphatic carbocycles. The minimum Gasteiger partial charge on any atom is -0.497 e. The molecule has 1 aromatic carbocycles. The van der Waals surface area contributed by atoms with Gasteiger partial charge < -0.3 is 19.3 Å². The van der Waals surface area contributed by atoms with Gasteiger partial charge in [-0.3, -0.25) is 4.90 Å². The number of nitrogens with zero attached hydrogens (tertiary/aromatic N) is 1. The first kappa shape index (κ1) is 17.0. The van der Waals surface area contributed by atoms with Crippen LogP contribution in [0.15, 0.2) is 24.3 Å². The van der Waals surface area contributed by atoms with Gasteiger partial charge >= 0.3 is 0 Å². The molecule has 1 saturated heterocycles. The van der Waals surface area contributed by atoms with E-state index in [1.165, 1.54) is 0 Å². The second kappa shape index (κ2) is 9.02. The largest absolute Gasteiger partial charge is 0.497 e. The molecule has 20 heavy (non-hydrogen) atoms. The minimum atomic E-state index is -0.496. The van der Waals surface area contributed by atoms with Crippen molar-refractivity contribution in [3.63, 3.8) is 0 Å². The average Bonchev–Trinajstić information content (AvgIpc) is 2.46. The quantitative estimate of drug-likeness (QED) is 0.855. The van der Waals surface area contributed by atoms with Crippen LogP contribution in [0.1, 0.15) is 0 Å². The van der Waals surface area contributed by atoms with Crippen molar-refractivity contribution in [2.24, 2.45) is 0 Å². The molecule has 1 N–H and O–H groups in total. The van der Waals surface area contributed by atoms with Gasteiger partial charge in [0.25, 0.3) is 0 Å². The smallest absolute Gasteiger partial charge is 0.123 e. The predicted octanol–water partition coefficient (Wildman–Crippen LogP) is 1.19.